The van der Waals surface area contributed by atoms with Crippen LogP contribution in [0.25, 0.3) is 0 Å². The molecule has 0 aliphatic rings. The third kappa shape index (κ3) is 5.33. The molecular formula is C16H12Cl2FN3O2. The summed E-state index contributed by atoms with van der Waals surface area (Å²) in [5.74, 6) is -1.63. The molecular weight excluding hydrogens is 356 g/mol. The van der Waals surface area contributed by atoms with Crippen molar-refractivity contribution < 1.29 is 14.0 Å². The molecule has 2 aromatic rings. The molecule has 2 amide bonds. The minimum absolute atomic E-state index is 0.124. The van der Waals surface area contributed by atoms with E-state index in [9.17, 15) is 14.0 Å². The summed E-state index contributed by atoms with van der Waals surface area (Å²) in [6.45, 7) is -0.305. The Morgan fingerprint density at radius 1 is 1.17 bits per heavy atom. The van der Waals surface area contributed by atoms with E-state index < -0.39 is 17.6 Å². The minimum Gasteiger partial charge on any atom is -0.343 e. The molecule has 5 nitrogen and oxygen atoms in total. The summed E-state index contributed by atoms with van der Waals surface area (Å²) >= 11 is 11.7. The molecule has 8 heteroatoms. The number of rotatable bonds is 5. The van der Waals surface area contributed by atoms with Crippen LogP contribution in [0, 0.1) is 5.82 Å². The zero-order chi connectivity index (χ0) is 17.5. The van der Waals surface area contributed by atoms with Gasteiger partial charge in [0.1, 0.15) is 5.82 Å². The van der Waals surface area contributed by atoms with Gasteiger partial charge in [0.2, 0.25) is 0 Å². The Kier molecular flexibility index (Phi) is 6.28. The highest BCUT2D eigenvalue weighted by atomic mass is 35.5. The molecule has 2 aromatic carbocycles. The van der Waals surface area contributed by atoms with Crippen molar-refractivity contribution in [3.05, 3.63) is 69.5 Å². The molecule has 0 heterocycles. The predicted molar refractivity (Wildman–Crippen MR) is 90.9 cm³/mol. The Morgan fingerprint density at radius 2 is 1.96 bits per heavy atom. The molecule has 2 rings (SSSR count). The average Bonchev–Trinajstić information content (AvgIpc) is 2.54. The molecule has 0 spiro atoms. The lowest BCUT2D eigenvalue weighted by Crippen LogP contribution is -2.34. The van der Waals surface area contributed by atoms with Crippen molar-refractivity contribution in [3.8, 4) is 0 Å². The number of hydrogen-bond donors (Lipinski definition) is 2. The smallest absolute Gasteiger partial charge is 0.259 e. The van der Waals surface area contributed by atoms with Crippen LogP contribution in [0.3, 0.4) is 0 Å². The Hall–Kier alpha value is -2.44. The van der Waals surface area contributed by atoms with Crippen molar-refractivity contribution in [2.45, 2.75) is 0 Å². The number of halogens is 3. The van der Waals surface area contributed by atoms with E-state index in [2.05, 4.69) is 15.8 Å². The number of hydrogen-bond acceptors (Lipinski definition) is 3. The summed E-state index contributed by atoms with van der Waals surface area (Å²) in [5, 5.41) is 6.97. The fourth-order valence-electron chi connectivity index (χ4n) is 1.71. The number of nitrogens with one attached hydrogen (secondary N) is 2. The fraction of sp³-hybridized carbons (Fsp3) is 0.0625. The molecule has 0 saturated carbocycles. The van der Waals surface area contributed by atoms with Crippen LogP contribution in [-0.2, 0) is 4.79 Å². The summed E-state index contributed by atoms with van der Waals surface area (Å²) in [5.41, 5.74) is 2.94. The first-order chi connectivity index (χ1) is 11.5. The van der Waals surface area contributed by atoms with E-state index in [-0.39, 0.29) is 12.1 Å². The van der Waals surface area contributed by atoms with E-state index in [1.54, 1.807) is 18.2 Å². The number of benzene rings is 2. The molecule has 0 aliphatic carbocycles. The Bertz CT molecular complexity index is 797. The van der Waals surface area contributed by atoms with E-state index >= 15 is 0 Å². The topological polar surface area (TPSA) is 70.6 Å². The summed E-state index contributed by atoms with van der Waals surface area (Å²) < 4.78 is 13.0. The molecule has 0 bridgehead atoms. The molecule has 0 fully saturated rings. The normalized spacial score (nSPS) is 10.6. The van der Waals surface area contributed by atoms with Crippen molar-refractivity contribution in [3.63, 3.8) is 0 Å². The first-order valence-electron chi connectivity index (χ1n) is 6.76. The quantitative estimate of drug-likeness (QED) is 0.629. The van der Waals surface area contributed by atoms with Gasteiger partial charge in [-0.25, -0.2) is 9.82 Å². The molecule has 24 heavy (non-hydrogen) atoms. The highest BCUT2D eigenvalue weighted by Crippen LogP contribution is 2.19. The van der Waals surface area contributed by atoms with Crippen LogP contribution in [0.1, 0.15) is 15.9 Å². The van der Waals surface area contributed by atoms with Crippen LogP contribution in [0.2, 0.25) is 10.0 Å². The second-order valence-corrected chi connectivity index (χ2v) is 5.50. The lowest BCUT2D eigenvalue weighted by molar-refractivity contribution is -0.120. The summed E-state index contributed by atoms with van der Waals surface area (Å²) in [6.07, 6.45) is 1.35. The molecule has 0 radical (unpaired) electrons. The van der Waals surface area contributed by atoms with Crippen LogP contribution in [-0.4, -0.2) is 24.6 Å². The van der Waals surface area contributed by atoms with Gasteiger partial charge in [0.05, 0.1) is 17.8 Å². The van der Waals surface area contributed by atoms with Crippen LogP contribution in [0.4, 0.5) is 4.39 Å². The third-order valence-corrected chi connectivity index (χ3v) is 3.41. The maximum absolute atomic E-state index is 13.0. The van der Waals surface area contributed by atoms with Gasteiger partial charge < -0.3 is 5.32 Å². The van der Waals surface area contributed by atoms with Crippen molar-refractivity contribution in [2.24, 2.45) is 5.10 Å². The van der Waals surface area contributed by atoms with Gasteiger partial charge in [0.25, 0.3) is 11.8 Å². The molecule has 0 aromatic heterocycles. The van der Waals surface area contributed by atoms with Gasteiger partial charge in [0, 0.05) is 16.1 Å². The van der Waals surface area contributed by atoms with E-state index in [1.807, 2.05) is 0 Å². The van der Waals surface area contributed by atoms with E-state index in [0.29, 0.717) is 15.6 Å². The third-order valence-electron chi connectivity index (χ3n) is 2.85. The molecule has 0 aliphatic heterocycles. The van der Waals surface area contributed by atoms with Gasteiger partial charge in [-0.3, -0.25) is 9.59 Å². The standard InChI is InChI=1S/C16H12Cl2FN3O2/c17-12-5-4-11(14(18)7-12)8-21-22-15(23)9-20-16(24)10-2-1-3-13(19)6-10/h1-8H,9H2,(H,20,24)(H,22,23)/b21-8-. The van der Waals surface area contributed by atoms with Crippen molar-refractivity contribution in [1.29, 1.82) is 0 Å². The molecule has 0 atom stereocenters. The van der Waals surface area contributed by atoms with Crippen LogP contribution < -0.4 is 10.7 Å². The van der Waals surface area contributed by atoms with E-state index in [1.165, 1.54) is 24.4 Å². The molecule has 124 valence electrons. The Balaban J connectivity index is 1.83. The van der Waals surface area contributed by atoms with Crippen molar-refractivity contribution >= 4 is 41.2 Å². The summed E-state index contributed by atoms with van der Waals surface area (Å²) in [7, 11) is 0. The van der Waals surface area contributed by atoms with Gasteiger partial charge in [-0.2, -0.15) is 5.10 Å². The predicted octanol–water partition coefficient (Wildman–Crippen LogP) is 3.01. The van der Waals surface area contributed by atoms with Gasteiger partial charge in [0.15, 0.2) is 0 Å². The lowest BCUT2D eigenvalue weighted by Gasteiger charge is -2.04. The van der Waals surface area contributed by atoms with Gasteiger partial charge in [-0.15, -0.1) is 0 Å². The summed E-state index contributed by atoms with van der Waals surface area (Å²) in [4.78, 5) is 23.4. The van der Waals surface area contributed by atoms with E-state index in [4.69, 9.17) is 23.2 Å². The zero-order valence-corrected chi connectivity index (χ0v) is 13.7. The second-order valence-electron chi connectivity index (χ2n) is 4.65. The van der Waals surface area contributed by atoms with Crippen LogP contribution in [0.15, 0.2) is 47.6 Å². The second kappa shape index (κ2) is 8.42. The van der Waals surface area contributed by atoms with Crippen molar-refractivity contribution in [2.75, 3.05) is 6.54 Å². The zero-order valence-electron chi connectivity index (χ0n) is 12.2. The van der Waals surface area contributed by atoms with Crippen LogP contribution in [0.5, 0.6) is 0 Å². The maximum atomic E-state index is 13.0. The Morgan fingerprint density at radius 3 is 2.67 bits per heavy atom. The largest absolute Gasteiger partial charge is 0.343 e. The first-order valence-corrected chi connectivity index (χ1v) is 7.52. The van der Waals surface area contributed by atoms with Crippen molar-refractivity contribution in [1.82, 2.24) is 10.7 Å². The molecule has 2 N–H and O–H groups in total. The lowest BCUT2D eigenvalue weighted by atomic mass is 10.2. The fourth-order valence-corrected chi connectivity index (χ4v) is 2.17. The minimum atomic E-state index is -0.561. The number of carbonyl (C=O) groups excluding carboxylic acids is 2. The maximum Gasteiger partial charge on any atom is 0.259 e. The van der Waals surface area contributed by atoms with Gasteiger partial charge in [-0.1, -0.05) is 35.3 Å². The highest BCUT2D eigenvalue weighted by Gasteiger charge is 2.08. The van der Waals surface area contributed by atoms with Gasteiger partial charge in [-0.05, 0) is 30.3 Å². The number of amides is 2. The first kappa shape index (κ1) is 17.9. The molecule has 0 saturated heterocycles. The van der Waals surface area contributed by atoms with Gasteiger partial charge >= 0.3 is 0 Å². The van der Waals surface area contributed by atoms with E-state index in [0.717, 1.165) is 6.07 Å². The number of carbonyl (C=O) groups is 2. The highest BCUT2D eigenvalue weighted by molar-refractivity contribution is 6.36. The van der Waals surface area contributed by atoms with Crippen LogP contribution >= 0.6 is 23.2 Å². The monoisotopic (exact) mass is 367 g/mol. The molecule has 0 unspecified atom stereocenters. The summed E-state index contributed by atoms with van der Waals surface area (Å²) in [6, 6.07) is 9.98. The SMILES string of the molecule is O=C(CNC(=O)c1cccc(F)c1)N/N=C\c1ccc(Cl)cc1Cl. The number of nitrogens with zero attached hydrogens (tertiary/aromatic N) is 1. The Labute approximate surface area is 147 Å². The number of hydrazone groups is 1. The average molecular weight is 368 g/mol.